The van der Waals surface area contributed by atoms with Crippen LogP contribution in [-0.4, -0.2) is 54.9 Å². The zero-order valence-corrected chi connectivity index (χ0v) is 17.6. The van der Waals surface area contributed by atoms with E-state index >= 15 is 0 Å². The van der Waals surface area contributed by atoms with E-state index in [1.807, 2.05) is 66.5 Å². The first-order chi connectivity index (χ1) is 13.5. The number of amides is 2. The summed E-state index contributed by atoms with van der Waals surface area (Å²) in [6, 6.07) is 17.0. The Balaban J connectivity index is 1.43. The Morgan fingerprint density at radius 2 is 1.71 bits per heavy atom. The lowest BCUT2D eigenvalue weighted by Gasteiger charge is -2.33. The topological polar surface area (TPSA) is 49.9 Å². The van der Waals surface area contributed by atoms with Gasteiger partial charge in [-0.05, 0) is 49.2 Å². The Labute approximate surface area is 174 Å². The highest BCUT2D eigenvalue weighted by molar-refractivity contribution is 9.10. The van der Waals surface area contributed by atoms with Crippen molar-refractivity contribution in [2.24, 2.45) is 5.92 Å². The number of hydrogen-bond acceptors (Lipinski definition) is 3. The number of carbonyl (C=O) groups excluding carboxylic acids is 2. The minimum absolute atomic E-state index is 0.0306. The molecule has 1 aliphatic heterocycles. The van der Waals surface area contributed by atoms with Gasteiger partial charge in [0, 0.05) is 36.1 Å². The summed E-state index contributed by atoms with van der Waals surface area (Å²) < 4.78 is 6.62. The number of halogens is 1. The fourth-order valence-electron chi connectivity index (χ4n) is 3.34. The van der Waals surface area contributed by atoms with E-state index in [4.69, 9.17) is 4.74 Å². The van der Waals surface area contributed by atoms with Gasteiger partial charge in [-0.1, -0.05) is 34.1 Å². The highest BCUT2D eigenvalue weighted by Crippen LogP contribution is 2.21. The van der Waals surface area contributed by atoms with Gasteiger partial charge in [0.2, 0.25) is 5.91 Å². The van der Waals surface area contributed by atoms with Gasteiger partial charge in [-0.2, -0.15) is 0 Å². The number of nitrogens with zero attached hydrogens (tertiary/aromatic N) is 2. The van der Waals surface area contributed by atoms with E-state index in [2.05, 4.69) is 15.9 Å². The van der Waals surface area contributed by atoms with Crippen LogP contribution in [0.25, 0.3) is 0 Å². The Kier molecular flexibility index (Phi) is 7.09. The summed E-state index contributed by atoms with van der Waals surface area (Å²) in [6.45, 7) is 2.23. The Bertz CT molecular complexity index is 787. The molecule has 28 heavy (non-hydrogen) atoms. The summed E-state index contributed by atoms with van der Waals surface area (Å²) in [4.78, 5) is 28.9. The Morgan fingerprint density at radius 3 is 2.36 bits per heavy atom. The summed E-state index contributed by atoms with van der Waals surface area (Å²) in [5.74, 6) is 0.939. The van der Waals surface area contributed by atoms with E-state index < -0.39 is 0 Å². The van der Waals surface area contributed by atoms with Crippen molar-refractivity contribution in [2.75, 3.05) is 33.3 Å². The second-order valence-corrected chi connectivity index (χ2v) is 7.91. The SMILES string of the molecule is CN(CCOc1ccccc1)C(=O)C1CCN(C(=O)c2ccc(Br)cc2)CC1. The zero-order valence-electron chi connectivity index (χ0n) is 16.0. The maximum atomic E-state index is 12.7. The third-order valence-electron chi connectivity index (χ3n) is 5.04. The van der Waals surface area contributed by atoms with Gasteiger partial charge in [-0.25, -0.2) is 0 Å². The summed E-state index contributed by atoms with van der Waals surface area (Å²) in [7, 11) is 1.82. The molecule has 3 rings (SSSR count). The van der Waals surface area contributed by atoms with Crippen LogP contribution in [0.4, 0.5) is 0 Å². The lowest BCUT2D eigenvalue weighted by molar-refractivity contribution is -0.135. The largest absolute Gasteiger partial charge is 0.492 e. The molecular weight excluding hydrogens is 420 g/mol. The molecule has 0 N–H and O–H groups in total. The van der Waals surface area contributed by atoms with Crippen molar-refractivity contribution < 1.29 is 14.3 Å². The summed E-state index contributed by atoms with van der Waals surface area (Å²) in [5, 5.41) is 0. The van der Waals surface area contributed by atoms with Crippen LogP contribution in [0.1, 0.15) is 23.2 Å². The average molecular weight is 445 g/mol. The number of rotatable bonds is 6. The van der Waals surface area contributed by atoms with Crippen molar-refractivity contribution in [3.63, 3.8) is 0 Å². The van der Waals surface area contributed by atoms with Crippen LogP contribution < -0.4 is 4.74 Å². The number of piperidine rings is 1. The Hall–Kier alpha value is -2.34. The number of benzene rings is 2. The van der Waals surface area contributed by atoms with Crippen LogP contribution in [0.2, 0.25) is 0 Å². The maximum absolute atomic E-state index is 12.7. The van der Waals surface area contributed by atoms with Crippen LogP contribution in [0.3, 0.4) is 0 Å². The lowest BCUT2D eigenvalue weighted by Crippen LogP contribution is -2.44. The molecule has 0 aromatic heterocycles. The summed E-state index contributed by atoms with van der Waals surface area (Å²) >= 11 is 3.38. The monoisotopic (exact) mass is 444 g/mol. The van der Waals surface area contributed by atoms with E-state index in [9.17, 15) is 9.59 Å². The summed E-state index contributed by atoms with van der Waals surface area (Å²) in [5.41, 5.74) is 0.683. The molecule has 0 radical (unpaired) electrons. The smallest absolute Gasteiger partial charge is 0.253 e. The molecule has 2 aromatic carbocycles. The van der Waals surface area contributed by atoms with Gasteiger partial charge in [0.05, 0.1) is 6.54 Å². The fraction of sp³-hybridized carbons (Fsp3) is 0.364. The first-order valence-corrected chi connectivity index (χ1v) is 10.3. The molecule has 6 heteroatoms. The van der Waals surface area contributed by atoms with Gasteiger partial charge in [-0.15, -0.1) is 0 Å². The molecule has 0 bridgehead atoms. The second-order valence-electron chi connectivity index (χ2n) is 6.99. The number of ether oxygens (including phenoxy) is 1. The number of likely N-dealkylation sites (tertiary alicyclic amines) is 1. The van der Waals surface area contributed by atoms with E-state index in [-0.39, 0.29) is 17.7 Å². The highest BCUT2D eigenvalue weighted by atomic mass is 79.9. The second kappa shape index (κ2) is 9.73. The van der Waals surface area contributed by atoms with E-state index in [0.717, 1.165) is 10.2 Å². The molecular formula is C22H25BrN2O3. The molecule has 1 fully saturated rings. The number of likely N-dealkylation sites (N-methyl/N-ethyl adjacent to an activating group) is 1. The van der Waals surface area contributed by atoms with E-state index in [1.165, 1.54) is 0 Å². The van der Waals surface area contributed by atoms with Gasteiger partial charge in [0.1, 0.15) is 12.4 Å². The molecule has 0 spiro atoms. The van der Waals surface area contributed by atoms with Crippen LogP contribution in [0, 0.1) is 5.92 Å². The first-order valence-electron chi connectivity index (χ1n) is 9.52. The zero-order chi connectivity index (χ0) is 19.9. The normalized spacial score (nSPS) is 14.6. The molecule has 5 nitrogen and oxygen atoms in total. The third kappa shape index (κ3) is 5.35. The minimum atomic E-state index is -0.0318. The van der Waals surface area contributed by atoms with E-state index in [0.29, 0.717) is 44.6 Å². The molecule has 2 amide bonds. The van der Waals surface area contributed by atoms with Crippen LogP contribution in [0.15, 0.2) is 59.1 Å². The number of carbonyl (C=O) groups is 2. The highest BCUT2D eigenvalue weighted by Gasteiger charge is 2.29. The van der Waals surface area contributed by atoms with E-state index in [1.54, 1.807) is 4.90 Å². The van der Waals surface area contributed by atoms with Gasteiger partial charge in [-0.3, -0.25) is 9.59 Å². The molecule has 0 saturated carbocycles. The average Bonchev–Trinajstić information content (AvgIpc) is 2.74. The Morgan fingerprint density at radius 1 is 1.07 bits per heavy atom. The van der Waals surface area contributed by atoms with Gasteiger partial charge >= 0.3 is 0 Å². The summed E-state index contributed by atoms with van der Waals surface area (Å²) in [6.07, 6.45) is 1.40. The van der Waals surface area contributed by atoms with Crippen LogP contribution in [-0.2, 0) is 4.79 Å². The molecule has 0 atom stereocenters. The molecule has 2 aromatic rings. The predicted octanol–water partition coefficient (Wildman–Crippen LogP) is 3.84. The van der Waals surface area contributed by atoms with Crippen molar-refractivity contribution in [3.05, 3.63) is 64.6 Å². The van der Waals surface area contributed by atoms with Crippen molar-refractivity contribution in [2.45, 2.75) is 12.8 Å². The standard InChI is InChI=1S/C22H25BrN2O3/c1-24(15-16-28-20-5-3-2-4-6-20)21(26)18-11-13-25(14-12-18)22(27)17-7-9-19(23)10-8-17/h2-10,18H,11-16H2,1H3. The molecule has 1 heterocycles. The van der Waals surface area contributed by atoms with Crippen molar-refractivity contribution in [3.8, 4) is 5.75 Å². The van der Waals surface area contributed by atoms with Crippen molar-refractivity contribution in [1.29, 1.82) is 0 Å². The molecule has 0 unspecified atom stereocenters. The van der Waals surface area contributed by atoms with Gasteiger partial charge in [0.15, 0.2) is 0 Å². The van der Waals surface area contributed by atoms with Crippen molar-refractivity contribution >= 4 is 27.7 Å². The quantitative estimate of drug-likeness (QED) is 0.679. The lowest BCUT2D eigenvalue weighted by atomic mass is 9.95. The van der Waals surface area contributed by atoms with Gasteiger partial charge < -0.3 is 14.5 Å². The molecule has 148 valence electrons. The number of hydrogen-bond donors (Lipinski definition) is 0. The van der Waals surface area contributed by atoms with Crippen molar-refractivity contribution in [1.82, 2.24) is 9.80 Å². The van der Waals surface area contributed by atoms with Gasteiger partial charge in [0.25, 0.3) is 5.91 Å². The predicted molar refractivity (Wildman–Crippen MR) is 112 cm³/mol. The van der Waals surface area contributed by atoms with Crippen LogP contribution in [0.5, 0.6) is 5.75 Å². The molecule has 1 aliphatic rings. The third-order valence-corrected chi connectivity index (χ3v) is 5.57. The fourth-order valence-corrected chi connectivity index (χ4v) is 3.61. The van der Waals surface area contributed by atoms with Crippen LogP contribution >= 0.6 is 15.9 Å². The minimum Gasteiger partial charge on any atom is -0.492 e. The first kappa shape index (κ1) is 20.4. The number of para-hydroxylation sites is 1. The maximum Gasteiger partial charge on any atom is 0.253 e. The molecule has 0 aliphatic carbocycles. The molecule has 1 saturated heterocycles.